The van der Waals surface area contributed by atoms with Gasteiger partial charge in [-0.25, -0.2) is 9.13 Å². The summed E-state index contributed by atoms with van der Waals surface area (Å²) < 4.78 is 61.6. The van der Waals surface area contributed by atoms with E-state index in [1.807, 2.05) is 0 Å². The van der Waals surface area contributed by atoms with Crippen molar-refractivity contribution in [2.24, 2.45) is 0 Å². The molecule has 0 aliphatic carbocycles. The van der Waals surface area contributed by atoms with Gasteiger partial charge < -0.3 is 34.2 Å². The lowest BCUT2D eigenvalue weighted by Gasteiger charge is -2.21. The minimum atomic E-state index is -4.95. The number of hydrogen-bond acceptors (Lipinski definition) is 14. The minimum Gasteiger partial charge on any atom is -0.463 e. The summed E-state index contributed by atoms with van der Waals surface area (Å²) in [6, 6.07) is 0. The molecular weight excluding hydrogens is 1630 g/mol. The van der Waals surface area contributed by atoms with Gasteiger partial charge in [-0.05, 0) is 161 Å². The Labute approximate surface area is 776 Å². The second-order valence-corrected chi connectivity index (χ2v) is 36.8. The molecule has 5 atom stereocenters. The third-order valence-electron chi connectivity index (χ3n) is 21.6. The van der Waals surface area contributed by atoms with Gasteiger partial charge in [0, 0.05) is 19.3 Å². The van der Waals surface area contributed by atoms with Crippen LogP contribution in [0.3, 0.4) is 0 Å². The van der Waals surface area contributed by atoms with Gasteiger partial charge in [-0.3, -0.25) is 32.5 Å². The van der Waals surface area contributed by atoms with Crippen LogP contribution in [0.25, 0.3) is 0 Å². The molecule has 0 aliphatic rings. The van der Waals surface area contributed by atoms with E-state index in [4.69, 9.17) is 32.3 Å². The van der Waals surface area contributed by atoms with Crippen molar-refractivity contribution in [3.63, 3.8) is 0 Å². The quantitative estimate of drug-likeness (QED) is 0.0146. The molecule has 0 bridgehead atoms. The highest BCUT2D eigenvalue weighted by atomic mass is 31.2. The number of allylic oxidation sites excluding steroid dienone is 30. The number of esters is 3. The number of carbonyl (C=O) groups excluding carboxylic acids is 3. The summed E-state index contributed by atoms with van der Waals surface area (Å²) in [7, 11) is -9.82. The van der Waals surface area contributed by atoms with Gasteiger partial charge in [0.2, 0.25) is 0 Å². The van der Waals surface area contributed by atoms with Crippen molar-refractivity contribution >= 4 is 33.6 Å². The maximum Gasteiger partial charge on any atom is 0.472 e. The molecule has 0 aliphatic heterocycles. The molecule has 0 heterocycles. The fraction of sp³-hybridized carbons (Fsp3) is 0.697. The number of carbonyl (C=O) groups is 3. The molecule has 0 aromatic heterocycles. The molecule has 0 saturated heterocycles. The summed E-state index contributed by atoms with van der Waals surface area (Å²) in [5.74, 6) is -1.58. The Morgan fingerprint density at radius 1 is 0.228 bits per heavy atom. The number of aliphatic hydroxyl groups is 2. The number of unbranched alkanes of at least 4 members (excludes halogenated alkanes) is 43. The van der Waals surface area contributed by atoms with Gasteiger partial charge in [-0.15, -0.1) is 0 Å². The number of aliphatic hydroxyl groups excluding tert-OH is 2. The lowest BCUT2D eigenvalue weighted by molar-refractivity contribution is -0.161. The Bertz CT molecular complexity index is 3040. The highest BCUT2D eigenvalue weighted by Crippen LogP contribution is 2.45. The van der Waals surface area contributed by atoms with E-state index in [-0.39, 0.29) is 19.3 Å². The van der Waals surface area contributed by atoms with Crippen molar-refractivity contribution in [1.82, 2.24) is 0 Å². The van der Waals surface area contributed by atoms with Crippen LogP contribution in [0, 0.1) is 0 Å². The van der Waals surface area contributed by atoms with Gasteiger partial charge >= 0.3 is 33.6 Å². The third kappa shape index (κ3) is 101. The van der Waals surface area contributed by atoms with Crippen LogP contribution in [-0.2, 0) is 55.8 Å². The first-order chi connectivity index (χ1) is 62.2. The molecule has 5 unspecified atom stereocenters. The van der Waals surface area contributed by atoms with E-state index in [1.54, 1.807) is 0 Å². The van der Waals surface area contributed by atoms with Crippen molar-refractivity contribution in [2.45, 2.75) is 450 Å². The number of ether oxygens (including phenoxy) is 3. The lowest BCUT2D eigenvalue weighted by Crippen LogP contribution is -2.30. The van der Waals surface area contributed by atoms with Crippen molar-refractivity contribution in [1.29, 1.82) is 0 Å². The molecule has 0 aromatic carbocycles. The average Bonchev–Trinajstić information content (AvgIpc) is 0.893. The van der Waals surface area contributed by atoms with E-state index in [2.05, 4.69) is 203 Å². The first kappa shape index (κ1) is 122. The van der Waals surface area contributed by atoms with E-state index in [0.717, 1.165) is 167 Å². The number of phosphoric acid groups is 2. The lowest BCUT2D eigenvalue weighted by atomic mass is 10.0. The molecule has 0 amide bonds. The van der Waals surface area contributed by atoms with E-state index in [0.29, 0.717) is 19.3 Å². The van der Waals surface area contributed by atoms with Crippen LogP contribution in [0.1, 0.15) is 432 Å². The SMILES string of the molecule is CC/C=C\C/C=C\C/C=C\C/C=C\C/C=C\C/C=C\CCCCCCCCCCCCCCCCCCC(=O)OCC(O)COP(=O)(O)OCC(O)COP(=O)(O)OCC(COC(=O)CCCCCCCCCCCCCCCCCCCCC/C=C\C/C=C\C/C=C\C/C=C\C/C=C\CC)OC(=O)CCCCCCC/C=C\C/C=C\C/C=C\C/C=C\CCCCC. The largest absolute Gasteiger partial charge is 0.472 e. The molecule has 0 spiro atoms. The van der Waals surface area contributed by atoms with Crippen molar-refractivity contribution in [3.8, 4) is 0 Å². The van der Waals surface area contributed by atoms with Gasteiger partial charge in [-0.1, -0.05) is 434 Å². The molecule has 18 heteroatoms. The molecule has 0 fully saturated rings. The van der Waals surface area contributed by atoms with Gasteiger partial charge in [0.15, 0.2) is 6.10 Å². The molecule has 0 saturated carbocycles. The standard InChI is InChI=1S/C109H186O16P2/c1-4-7-10-13-16-19-22-25-28-31-34-37-39-41-43-45-47-49-51-53-55-57-59-61-63-66-68-71-74-77-80-83-86-89-92-95-107(112)119-98-104(110)99-121-126(115,116)122-100-105(111)101-123-127(117,118)124-103-106(125-109(114)97-94-91-88-85-82-79-76-73-70-65-36-33-30-27-24-21-18-15-12-9-6-3)102-120-108(113)96-93-90-87-84-81-78-75-72-69-67-64-62-60-58-56-54-52-50-48-46-44-42-40-38-35-32-29-26-23-20-17-14-11-8-5-2/h7-8,10-11,16-21,25-30,34-38,41-44,47,49,65,73,76,104-106,110-111H,4-6,9,12-15,22-24,31-33,39-40,45-46,48,50-64,66-72,74-75,77-103H2,1-3H3,(H,115,116)(H,117,118)/b10-7-,11-8-,19-16-,20-17-,21-18-,28-25-,29-26-,30-27-,37-34-,38-35-,43-41-,44-42-,49-47-,65-36-,76-73-. The summed E-state index contributed by atoms with van der Waals surface area (Å²) in [6.07, 6.45) is 132. The molecule has 4 N–H and O–H groups in total. The fourth-order valence-corrected chi connectivity index (χ4v) is 15.5. The maximum absolute atomic E-state index is 13.1. The normalized spacial score (nSPS) is 14.4. The second-order valence-electron chi connectivity index (χ2n) is 33.9. The van der Waals surface area contributed by atoms with Crippen LogP contribution < -0.4 is 0 Å². The Balaban J connectivity index is 4.53. The second kappa shape index (κ2) is 99.7. The molecule has 0 radical (unpaired) electrons. The fourth-order valence-electron chi connectivity index (χ4n) is 13.9. The van der Waals surface area contributed by atoms with E-state index < -0.39 is 91.5 Å². The summed E-state index contributed by atoms with van der Waals surface area (Å²) in [5, 5.41) is 20.8. The molecule has 16 nitrogen and oxygen atoms in total. The zero-order valence-corrected chi connectivity index (χ0v) is 82.4. The van der Waals surface area contributed by atoms with Crippen LogP contribution >= 0.6 is 15.6 Å². The third-order valence-corrected chi connectivity index (χ3v) is 23.5. The number of hydrogen-bond donors (Lipinski definition) is 4. The van der Waals surface area contributed by atoms with Crippen LogP contribution in [0.2, 0.25) is 0 Å². The zero-order chi connectivity index (χ0) is 92.1. The number of phosphoric ester groups is 2. The van der Waals surface area contributed by atoms with Gasteiger partial charge in [-0.2, -0.15) is 0 Å². The van der Waals surface area contributed by atoms with Crippen LogP contribution in [0.5, 0.6) is 0 Å². The monoisotopic (exact) mass is 1810 g/mol. The Morgan fingerprint density at radius 3 is 0.661 bits per heavy atom. The van der Waals surface area contributed by atoms with Crippen molar-refractivity contribution in [3.05, 3.63) is 182 Å². The predicted octanol–water partition coefficient (Wildman–Crippen LogP) is 32.3. The van der Waals surface area contributed by atoms with Gasteiger partial charge in [0.05, 0.1) is 26.4 Å². The Kier molecular flexibility index (Phi) is 95.5. The summed E-state index contributed by atoms with van der Waals surface area (Å²) in [6.45, 7) is 2.47. The Hall–Kier alpha value is -5.35. The van der Waals surface area contributed by atoms with Crippen molar-refractivity contribution in [2.75, 3.05) is 39.6 Å². The highest BCUT2D eigenvalue weighted by molar-refractivity contribution is 7.47. The summed E-state index contributed by atoms with van der Waals surface area (Å²) in [4.78, 5) is 59.2. The summed E-state index contributed by atoms with van der Waals surface area (Å²) >= 11 is 0. The van der Waals surface area contributed by atoms with Crippen LogP contribution in [0.15, 0.2) is 182 Å². The maximum atomic E-state index is 13.1. The topological polar surface area (TPSA) is 231 Å². The van der Waals surface area contributed by atoms with E-state index in [1.165, 1.54) is 205 Å². The first-order valence-electron chi connectivity index (χ1n) is 51.1. The molecule has 0 aromatic rings. The smallest absolute Gasteiger partial charge is 0.463 e. The molecule has 728 valence electrons. The van der Waals surface area contributed by atoms with E-state index >= 15 is 0 Å². The average molecular weight is 1810 g/mol. The zero-order valence-electron chi connectivity index (χ0n) is 80.6. The predicted molar refractivity (Wildman–Crippen MR) is 537 cm³/mol. The van der Waals surface area contributed by atoms with Crippen molar-refractivity contribution < 1.29 is 75.8 Å². The van der Waals surface area contributed by atoms with Gasteiger partial charge in [0.25, 0.3) is 0 Å². The molecule has 0 rings (SSSR count). The van der Waals surface area contributed by atoms with Crippen LogP contribution in [-0.4, -0.2) is 95.9 Å². The molecular formula is C109H186O16P2. The summed E-state index contributed by atoms with van der Waals surface area (Å²) in [5.41, 5.74) is 0. The number of rotatable bonds is 96. The Morgan fingerprint density at radius 2 is 0.417 bits per heavy atom. The molecule has 127 heavy (non-hydrogen) atoms. The van der Waals surface area contributed by atoms with Gasteiger partial charge in [0.1, 0.15) is 25.4 Å². The first-order valence-corrected chi connectivity index (χ1v) is 54.1. The van der Waals surface area contributed by atoms with E-state index in [9.17, 15) is 43.5 Å². The van der Waals surface area contributed by atoms with Crippen LogP contribution in [0.4, 0.5) is 0 Å². The highest BCUT2D eigenvalue weighted by Gasteiger charge is 2.30. The minimum absolute atomic E-state index is 0.0817.